The van der Waals surface area contributed by atoms with Crippen LogP contribution in [0.1, 0.15) is 10.5 Å². The van der Waals surface area contributed by atoms with Crippen LogP contribution in [-0.4, -0.2) is 31.5 Å². The number of H-pyrrole nitrogens is 1. The molecule has 0 amide bonds. The molecule has 1 aromatic carbocycles. The number of halogens is 2. The van der Waals surface area contributed by atoms with Crippen molar-refractivity contribution in [3.05, 3.63) is 39.3 Å². The van der Waals surface area contributed by atoms with Gasteiger partial charge in [0.25, 0.3) is 0 Å². The summed E-state index contributed by atoms with van der Waals surface area (Å²) in [6.45, 7) is 0. The molecular weight excluding hydrogens is 367 g/mol. The summed E-state index contributed by atoms with van der Waals surface area (Å²) >= 11 is 14.4. The van der Waals surface area contributed by atoms with Crippen molar-refractivity contribution in [2.75, 3.05) is 0 Å². The van der Waals surface area contributed by atoms with Crippen molar-refractivity contribution in [2.45, 2.75) is 9.37 Å². The van der Waals surface area contributed by atoms with Crippen molar-refractivity contribution < 1.29 is 9.90 Å². The van der Waals surface area contributed by atoms with E-state index in [2.05, 4.69) is 20.4 Å². The summed E-state index contributed by atoms with van der Waals surface area (Å²) in [7, 11) is 0. The predicted octanol–water partition coefficient (Wildman–Crippen LogP) is 4.08. The van der Waals surface area contributed by atoms with E-state index in [0.29, 0.717) is 14.4 Å². The number of carboxylic acid groups (broad SMARTS) is 1. The van der Waals surface area contributed by atoms with Crippen LogP contribution in [0, 0.1) is 0 Å². The molecule has 0 fully saturated rings. The summed E-state index contributed by atoms with van der Waals surface area (Å²) in [6, 6.07) is 5.24. The van der Waals surface area contributed by atoms with E-state index in [1.807, 2.05) is 11.4 Å². The highest BCUT2D eigenvalue weighted by Gasteiger charge is 2.18. The van der Waals surface area contributed by atoms with Crippen LogP contribution in [0.4, 0.5) is 0 Å². The first-order chi connectivity index (χ1) is 10.5. The average Bonchev–Trinajstić information content (AvgIpc) is 3.11. The van der Waals surface area contributed by atoms with Gasteiger partial charge in [-0.15, -0.1) is 21.5 Å². The Morgan fingerprint density at radius 1 is 1.27 bits per heavy atom. The predicted molar refractivity (Wildman–Crippen MR) is 85.0 cm³/mol. The molecule has 0 aliphatic rings. The lowest BCUT2D eigenvalue weighted by atomic mass is 10.2. The largest absolute Gasteiger partial charge is 0.476 e. The number of aromatic nitrogens is 4. The van der Waals surface area contributed by atoms with Crippen molar-refractivity contribution in [1.82, 2.24) is 20.4 Å². The molecule has 10 heteroatoms. The molecule has 0 radical (unpaired) electrons. The van der Waals surface area contributed by atoms with E-state index in [1.165, 1.54) is 11.3 Å². The van der Waals surface area contributed by atoms with Crippen molar-refractivity contribution in [3.8, 4) is 11.3 Å². The molecule has 0 bridgehead atoms. The van der Waals surface area contributed by atoms with Crippen molar-refractivity contribution in [3.63, 3.8) is 0 Å². The van der Waals surface area contributed by atoms with E-state index in [0.717, 1.165) is 23.0 Å². The molecule has 2 heterocycles. The molecule has 3 aromatic rings. The van der Waals surface area contributed by atoms with E-state index in [1.54, 1.807) is 12.1 Å². The van der Waals surface area contributed by atoms with E-state index < -0.39 is 5.97 Å². The first-order valence-corrected chi connectivity index (χ1v) is 8.22. The fourth-order valence-electron chi connectivity index (χ4n) is 1.61. The number of aromatic amines is 1. The summed E-state index contributed by atoms with van der Waals surface area (Å²) < 4.78 is 0.650. The van der Waals surface area contributed by atoms with Crippen molar-refractivity contribution in [1.29, 1.82) is 0 Å². The Balaban J connectivity index is 1.86. The number of carboxylic acids is 1. The monoisotopic (exact) mass is 372 g/mol. The van der Waals surface area contributed by atoms with Crippen LogP contribution in [0.25, 0.3) is 11.3 Å². The molecule has 0 aliphatic carbocycles. The summed E-state index contributed by atoms with van der Waals surface area (Å²) in [5.41, 5.74) is 1.43. The maximum absolute atomic E-state index is 11.0. The zero-order valence-corrected chi connectivity index (χ0v) is 13.7. The number of nitrogens with one attached hydrogen (secondary N) is 1. The van der Waals surface area contributed by atoms with Gasteiger partial charge in [0.05, 0.1) is 15.7 Å². The third-order valence-electron chi connectivity index (χ3n) is 2.60. The molecule has 0 aliphatic heterocycles. The Kier molecular flexibility index (Phi) is 4.34. The number of benzene rings is 1. The normalized spacial score (nSPS) is 10.8. The van der Waals surface area contributed by atoms with E-state index in [-0.39, 0.29) is 10.7 Å². The van der Waals surface area contributed by atoms with Crippen molar-refractivity contribution in [2.24, 2.45) is 0 Å². The summed E-state index contributed by atoms with van der Waals surface area (Å²) in [5, 5.41) is 21.7. The molecule has 2 N–H and O–H groups in total. The van der Waals surface area contributed by atoms with E-state index in [4.69, 9.17) is 28.3 Å². The Labute approximate surface area is 142 Å². The highest BCUT2D eigenvalue weighted by Crippen LogP contribution is 2.34. The van der Waals surface area contributed by atoms with Crippen LogP contribution in [-0.2, 0) is 0 Å². The van der Waals surface area contributed by atoms with Crippen LogP contribution in [0.2, 0.25) is 10.0 Å². The van der Waals surface area contributed by atoms with Crippen LogP contribution < -0.4 is 0 Å². The van der Waals surface area contributed by atoms with Gasteiger partial charge >= 0.3 is 5.97 Å². The molecule has 22 heavy (non-hydrogen) atoms. The fourth-order valence-corrected chi connectivity index (χ4v) is 3.66. The molecule has 0 spiro atoms. The molecule has 0 unspecified atom stereocenters. The fraction of sp³-hybridized carbons (Fsp3) is 0. The molecular formula is C12H6Cl2N4O2S2. The lowest BCUT2D eigenvalue weighted by Crippen LogP contribution is -1.98. The zero-order valence-electron chi connectivity index (χ0n) is 10.6. The standard InChI is InChI=1S/C12H6Cl2N4O2S2/c13-6-2-1-5(3-7(6)14)8-4-21-12(15-8)22-10-9(11(19)20)16-18-17-10/h1-4H,(H,19,20)(H,16,17,18). The minimum atomic E-state index is -1.14. The SMILES string of the molecule is O=C(O)c1n[nH]nc1Sc1nc(-c2ccc(Cl)c(Cl)c2)cs1. The van der Waals surface area contributed by atoms with Gasteiger partial charge in [-0.05, 0) is 23.9 Å². The number of aromatic carboxylic acids is 1. The van der Waals surface area contributed by atoms with Gasteiger partial charge in [0.15, 0.2) is 9.37 Å². The second-order valence-corrected chi connectivity index (χ2v) is 6.92. The number of rotatable bonds is 4. The van der Waals surface area contributed by atoms with E-state index in [9.17, 15) is 4.79 Å². The minimum absolute atomic E-state index is 0.128. The molecule has 2 aromatic heterocycles. The van der Waals surface area contributed by atoms with Gasteiger partial charge in [-0.25, -0.2) is 9.78 Å². The van der Waals surface area contributed by atoms with Crippen LogP contribution in [0.3, 0.4) is 0 Å². The number of carbonyl (C=O) groups is 1. The molecule has 112 valence electrons. The highest BCUT2D eigenvalue weighted by atomic mass is 35.5. The third kappa shape index (κ3) is 3.09. The van der Waals surface area contributed by atoms with Gasteiger partial charge in [0, 0.05) is 10.9 Å². The number of hydrogen-bond donors (Lipinski definition) is 2. The van der Waals surface area contributed by atoms with Gasteiger partial charge in [-0.2, -0.15) is 5.21 Å². The van der Waals surface area contributed by atoms with Gasteiger partial charge < -0.3 is 5.11 Å². The molecule has 3 rings (SSSR count). The average molecular weight is 373 g/mol. The number of nitrogens with zero attached hydrogens (tertiary/aromatic N) is 3. The highest BCUT2D eigenvalue weighted by molar-refractivity contribution is 8.01. The Bertz CT molecular complexity index is 849. The quantitative estimate of drug-likeness (QED) is 0.716. The number of thiazole rings is 1. The molecule has 0 saturated heterocycles. The second kappa shape index (κ2) is 6.25. The van der Waals surface area contributed by atoms with E-state index >= 15 is 0 Å². The Hall–Kier alpha value is -1.61. The third-order valence-corrected chi connectivity index (χ3v) is 5.26. The van der Waals surface area contributed by atoms with Crippen LogP contribution in [0.5, 0.6) is 0 Å². The zero-order chi connectivity index (χ0) is 15.7. The first kappa shape index (κ1) is 15.3. The second-order valence-electron chi connectivity index (χ2n) is 4.01. The lowest BCUT2D eigenvalue weighted by Gasteiger charge is -1.99. The smallest absolute Gasteiger partial charge is 0.359 e. The first-order valence-electron chi connectivity index (χ1n) is 5.77. The number of hydrogen-bond acceptors (Lipinski definition) is 6. The summed E-state index contributed by atoms with van der Waals surface area (Å²) in [5.74, 6) is -1.14. The minimum Gasteiger partial charge on any atom is -0.476 e. The molecule has 0 saturated carbocycles. The Morgan fingerprint density at radius 3 is 2.82 bits per heavy atom. The molecule has 6 nitrogen and oxygen atoms in total. The van der Waals surface area contributed by atoms with Crippen molar-refractivity contribution >= 4 is 52.3 Å². The maximum Gasteiger partial charge on any atom is 0.359 e. The Morgan fingerprint density at radius 2 is 2.09 bits per heavy atom. The van der Waals surface area contributed by atoms with Gasteiger partial charge in [0.2, 0.25) is 5.69 Å². The van der Waals surface area contributed by atoms with Crippen LogP contribution in [0.15, 0.2) is 32.9 Å². The topological polar surface area (TPSA) is 91.8 Å². The lowest BCUT2D eigenvalue weighted by molar-refractivity contribution is 0.0686. The van der Waals surface area contributed by atoms with Gasteiger partial charge in [-0.1, -0.05) is 29.3 Å². The van der Waals surface area contributed by atoms with Crippen LogP contribution >= 0.6 is 46.3 Å². The van der Waals surface area contributed by atoms with Gasteiger partial charge in [0.1, 0.15) is 0 Å². The van der Waals surface area contributed by atoms with Gasteiger partial charge in [-0.3, -0.25) is 0 Å². The summed E-state index contributed by atoms with van der Waals surface area (Å²) in [6.07, 6.45) is 0. The molecule has 0 atom stereocenters. The summed E-state index contributed by atoms with van der Waals surface area (Å²) in [4.78, 5) is 15.4. The maximum atomic E-state index is 11.0.